The summed E-state index contributed by atoms with van der Waals surface area (Å²) in [6.45, 7) is 6.99. The Hall–Kier alpha value is -10.3. The molecular formula is C85H129N11O35. The molecule has 2 aromatic rings. The van der Waals surface area contributed by atoms with Crippen molar-refractivity contribution in [3.8, 4) is 11.5 Å². The molecule has 46 nitrogen and oxygen atoms in total. The molecule has 0 aromatic heterocycles. The van der Waals surface area contributed by atoms with E-state index in [0.29, 0.717) is 17.7 Å². The van der Waals surface area contributed by atoms with Crippen LogP contribution in [0.25, 0.3) is 0 Å². The molecule has 0 aliphatic carbocycles. The van der Waals surface area contributed by atoms with Crippen LogP contribution in [0.3, 0.4) is 0 Å². The molecule has 4 saturated heterocycles. The Bertz CT molecular complexity index is 4150. The van der Waals surface area contributed by atoms with Crippen LogP contribution in [0.15, 0.2) is 60.3 Å². The lowest BCUT2D eigenvalue weighted by Crippen LogP contribution is -2.67. The van der Waals surface area contributed by atoms with Gasteiger partial charge in [0, 0.05) is 47.1 Å². The van der Waals surface area contributed by atoms with Crippen molar-refractivity contribution in [1.29, 1.82) is 0 Å². The first-order valence-corrected chi connectivity index (χ1v) is 43.5. The molecule has 0 bridgehead atoms. The highest BCUT2D eigenvalue weighted by Crippen LogP contribution is 2.32. The van der Waals surface area contributed by atoms with Crippen LogP contribution in [0.5, 0.6) is 11.5 Å². The van der Waals surface area contributed by atoms with Crippen molar-refractivity contribution < 1.29 is 171 Å². The lowest BCUT2D eigenvalue weighted by molar-refractivity contribution is -0.339. The molecule has 0 saturated carbocycles. The number of unbranched alkanes of at least 4 members (excludes halogenated alkanes) is 10. The van der Waals surface area contributed by atoms with Gasteiger partial charge in [-0.2, -0.15) is 0 Å². The van der Waals surface area contributed by atoms with E-state index in [-0.39, 0.29) is 35.5 Å². The van der Waals surface area contributed by atoms with Gasteiger partial charge in [-0.25, -0.2) is 4.79 Å². The van der Waals surface area contributed by atoms with Gasteiger partial charge in [0.1, 0.15) is 133 Å². The highest BCUT2D eigenvalue weighted by atomic mass is 16.7. The Morgan fingerprint density at radius 1 is 0.634 bits per heavy atom. The number of hydrogen-bond donors (Lipinski definition) is 22. The van der Waals surface area contributed by atoms with Crippen LogP contribution in [-0.2, 0) is 123 Å². The summed E-state index contributed by atoms with van der Waals surface area (Å²) in [6, 6.07) is -6.46. The molecule has 2 aromatic carbocycles. The number of phenolic OH excluding ortho intramolecular Hbond substituents is 2. The summed E-state index contributed by atoms with van der Waals surface area (Å²) in [7, 11) is 0.979. The average molecular weight is 1870 g/mol. The van der Waals surface area contributed by atoms with Crippen LogP contribution in [0.4, 0.5) is 0 Å². The lowest BCUT2D eigenvalue weighted by atomic mass is 9.96. The summed E-state index contributed by atoms with van der Waals surface area (Å²) in [4.78, 5) is 199. The van der Waals surface area contributed by atoms with E-state index in [9.17, 15) is 109 Å². The molecule has 23 N–H and O–H groups in total. The minimum atomic E-state index is -2.44. The third-order valence-corrected chi connectivity index (χ3v) is 22.2. The van der Waals surface area contributed by atoms with Gasteiger partial charge in [-0.3, -0.25) is 62.3 Å². The number of allylic oxidation sites excluding steroid dienone is 1. The Morgan fingerprint density at radius 3 is 1.76 bits per heavy atom. The number of aliphatic hydroxyl groups is 10. The molecule has 6 rings (SSSR count). The van der Waals surface area contributed by atoms with Crippen molar-refractivity contribution in [2.75, 3.05) is 33.4 Å². The first kappa shape index (κ1) is 109. The molecule has 6 unspecified atom stereocenters. The quantitative estimate of drug-likeness (QED) is 0.0129. The Kier molecular flexibility index (Phi) is 44.6. The van der Waals surface area contributed by atoms with Gasteiger partial charge in [-0.1, -0.05) is 108 Å². The molecule has 0 spiro atoms. The van der Waals surface area contributed by atoms with Gasteiger partial charge in [-0.15, -0.1) is 0 Å². The van der Waals surface area contributed by atoms with E-state index in [1.54, 1.807) is 0 Å². The molecule has 734 valence electrons. The van der Waals surface area contributed by atoms with Crippen molar-refractivity contribution in [3.63, 3.8) is 0 Å². The molecular weight excluding hydrogens is 1730 g/mol. The fraction of sp³-hybridized carbons (Fsp3) is 0.671. The third kappa shape index (κ3) is 33.4. The lowest BCUT2D eigenvalue weighted by Gasteiger charge is -2.46. The molecule has 4 fully saturated rings. The highest BCUT2D eigenvalue weighted by molar-refractivity contribution is 6.03. The number of carbonyl (C=O) groups is 14. The van der Waals surface area contributed by atoms with Gasteiger partial charge in [0.25, 0.3) is 11.8 Å². The van der Waals surface area contributed by atoms with Crippen LogP contribution in [0, 0.1) is 0 Å². The first-order chi connectivity index (χ1) is 61.9. The van der Waals surface area contributed by atoms with Crippen molar-refractivity contribution in [2.45, 2.75) is 330 Å². The number of rotatable bonds is 38. The molecule has 0 radical (unpaired) electrons. The van der Waals surface area contributed by atoms with Gasteiger partial charge in [0.2, 0.25) is 53.2 Å². The van der Waals surface area contributed by atoms with Gasteiger partial charge < -0.3 is 162 Å². The number of hydrogen-bond acceptors (Lipinski definition) is 35. The van der Waals surface area contributed by atoms with E-state index < -0.39 is 306 Å². The van der Waals surface area contributed by atoms with E-state index >= 15 is 19.2 Å². The summed E-state index contributed by atoms with van der Waals surface area (Å²) in [6.07, 6.45) is -28.7. The number of carbonyl (C=O) groups excluding carboxylic acids is 14. The van der Waals surface area contributed by atoms with Crippen LogP contribution in [0.1, 0.15) is 163 Å². The summed E-state index contributed by atoms with van der Waals surface area (Å²) >= 11 is 0. The number of esters is 3. The van der Waals surface area contributed by atoms with Crippen LogP contribution in [0.2, 0.25) is 0 Å². The van der Waals surface area contributed by atoms with Crippen molar-refractivity contribution >= 4 is 82.9 Å². The third-order valence-electron chi connectivity index (χ3n) is 22.2. The zero-order valence-corrected chi connectivity index (χ0v) is 74.7. The minimum Gasteiger partial charge on any atom is -0.508 e. The number of ether oxygens (including phenoxy) is 9. The number of aliphatic hydroxyl groups excluding tert-OH is 10. The van der Waals surface area contributed by atoms with Crippen molar-refractivity contribution in [3.05, 3.63) is 71.4 Å². The SMILES string of the molecule is C/C=C1\NC(=O)[C@@H](Cc2ccc(O)cc2)NC(=O)[C@H]([C@H](C)O)NC(=O)[C@@H](NC(=O)C(NC(=O)C(O)C(CCCCCCCCCCCCC)O[C@@H]2OC[C@@H](O)[C@@H](O[C@H]3O[C@@H](CO)[C@H](O)[C@@H](O)[C@@H]3NC(C)=O)[C@@H]2O)C(C)O)[C@@H](C)OC(=O)[C@H](Cc2ccc(O)cc2)NC(=O)C(C(C)O[C@@H]2O[C@@H](COC(C)=O)[C@H](OC(C)=O)[C@@H](O)[C@H]2O)N(C)C(=O)CNC(=O)[C@@H](CCC(N)=O)NC1=O. The standard InChI is InChI=1S/C85H129N11O35/c1-11-13-14-15-16-17-18-19-20-21-22-23-56(128-84-71(113)72(55(105)38-124-84)131-83-64(88-44(7)100)68(110)66(108)57(37-97)129-83)67(109)81(121)94-62(41(4)99)78(118)95-63-42(5)125-82(122)54(35-48-26-30-50(104)31-27-48)92-80(120)65(43(6)126-85-70(112)69(111)73(127-46(9)102)58(130-85)39-123-45(8)101)96(10)60(107)36-87-74(114)52(32-33-59(86)106)90-75(115)51(12-2)89-76(116)53(34-47-24-28-49(103)29-25-47)91-77(117)61(40(3)98)93-79(63)119/h12,24-31,40-43,52-58,61-73,83-85,97-99,103-105,108-113H,11,13-23,32-39H2,1-10H3,(H2,86,106)(H,87,114)(H,88,100)(H,89,116)(H,90,115)(H,91,117)(H,92,120)(H,93,119)(H,94,121)(H,95,118)/b51-12-/t40-,41?,42+,43?,52+,53+,54-,55+,56?,57-,58-,61-,62?,63-,64-,65?,66-,67?,68-,69-,70+,71-,72+,73-,83+,84-,85+/m0/s1. The summed E-state index contributed by atoms with van der Waals surface area (Å²) < 4.78 is 51.9. The summed E-state index contributed by atoms with van der Waals surface area (Å²) in [5.41, 5.74) is 5.17. The van der Waals surface area contributed by atoms with E-state index in [4.69, 9.17) is 48.4 Å². The number of amides is 11. The van der Waals surface area contributed by atoms with Crippen LogP contribution in [-0.4, -0.2) is 347 Å². The van der Waals surface area contributed by atoms with Crippen molar-refractivity contribution in [2.24, 2.45) is 5.73 Å². The van der Waals surface area contributed by atoms with E-state index in [0.717, 1.165) is 113 Å². The predicted octanol–water partition coefficient (Wildman–Crippen LogP) is -6.07. The van der Waals surface area contributed by atoms with E-state index in [1.165, 1.54) is 55.5 Å². The normalized spacial score (nSPS) is 29.5. The molecule has 4 aliphatic heterocycles. The summed E-state index contributed by atoms with van der Waals surface area (Å²) in [5, 5.41) is 155. The van der Waals surface area contributed by atoms with Crippen LogP contribution >= 0.6 is 0 Å². The monoisotopic (exact) mass is 1860 g/mol. The first-order valence-electron chi connectivity index (χ1n) is 43.5. The fourth-order valence-electron chi connectivity index (χ4n) is 14.9. The number of nitrogens with two attached hydrogens (primary N) is 1. The topological polar surface area (TPSA) is 702 Å². The molecule has 46 heteroatoms. The zero-order chi connectivity index (χ0) is 97.4. The maximum absolute atomic E-state index is 15.5. The number of nitrogens with one attached hydrogen (secondary N) is 9. The van der Waals surface area contributed by atoms with Gasteiger partial charge in [0.05, 0.1) is 44.2 Å². The number of primary amides is 1. The van der Waals surface area contributed by atoms with Gasteiger partial charge >= 0.3 is 17.9 Å². The van der Waals surface area contributed by atoms with Crippen LogP contribution < -0.4 is 53.6 Å². The van der Waals surface area contributed by atoms with E-state index in [2.05, 4.69) is 54.8 Å². The highest BCUT2D eigenvalue weighted by Gasteiger charge is 2.53. The van der Waals surface area contributed by atoms with Gasteiger partial charge in [-0.05, 0) is 82.9 Å². The number of aromatic hydroxyl groups is 2. The number of benzene rings is 2. The number of phenols is 2. The maximum Gasteiger partial charge on any atom is 0.329 e. The number of nitrogens with zero attached hydrogens (tertiary/aromatic N) is 1. The van der Waals surface area contributed by atoms with Crippen molar-refractivity contribution in [1.82, 2.24) is 52.8 Å². The Morgan fingerprint density at radius 2 is 1.21 bits per heavy atom. The second-order valence-electron chi connectivity index (χ2n) is 32.8. The number of likely N-dealkylation sites (N-methyl/N-ethyl adjacent to an activating group) is 1. The Balaban J connectivity index is 1.46. The smallest absolute Gasteiger partial charge is 0.329 e. The predicted molar refractivity (Wildman–Crippen MR) is 451 cm³/mol. The summed E-state index contributed by atoms with van der Waals surface area (Å²) in [5.74, 6) is -18.0. The van der Waals surface area contributed by atoms with Gasteiger partial charge in [0.15, 0.2) is 31.1 Å². The molecule has 4 heterocycles. The average Bonchev–Trinajstić information content (AvgIpc) is 0.798. The molecule has 27 atom stereocenters. The fourth-order valence-corrected chi connectivity index (χ4v) is 14.9. The molecule has 131 heavy (non-hydrogen) atoms. The maximum atomic E-state index is 15.5. The molecule has 4 aliphatic rings. The largest absolute Gasteiger partial charge is 0.508 e. The second-order valence-corrected chi connectivity index (χ2v) is 32.8. The van der Waals surface area contributed by atoms with E-state index in [1.807, 2.05) is 0 Å². The molecule has 11 amide bonds. The number of cyclic esters (lactones) is 1. The zero-order valence-electron chi connectivity index (χ0n) is 74.7. The second kappa shape index (κ2) is 53.4. The Labute approximate surface area is 755 Å². The minimum absolute atomic E-state index is 0.112.